The number of rotatable bonds is 5. The fourth-order valence-corrected chi connectivity index (χ4v) is 2.98. The van der Waals surface area contributed by atoms with Gasteiger partial charge in [0.2, 0.25) is 5.91 Å². The second kappa shape index (κ2) is 7.48. The number of piperidine rings is 1. The van der Waals surface area contributed by atoms with E-state index in [0.717, 1.165) is 31.5 Å². The lowest BCUT2D eigenvalue weighted by Gasteiger charge is -2.26. The van der Waals surface area contributed by atoms with Gasteiger partial charge in [0.25, 0.3) is 0 Å². The zero-order chi connectivity index (χ0) is 16.9. The van der Waals surface area contributed by atoms with Gasteiger partial charge in [-0.3, -0.25) is 4.79 Å². The van der Waals surface area contributed by atoms with Crippen molar-refractivity contribution < 1.29 is 9.18 Å². The molecule has 2 N–H and O–H groups in total. The molecule has 2 unspecified atom stereocenters. The van der Waals surface area contributed by atoms with Crippen molar-refractivity contribution in [2.24, 2.45) is 0 Å². The van der Waals surface area contributed by atoms with Crippen LogP contribution in [0.4, 0.5) is 4.39 Å². The molecule has 7 nitrogen and oxygen atoms in total. The van der Waals surface area contributed by atoms with Gasteiger partial charge in [-0.2, -0.15) is 0 Å². The van der Waals surface area contributed by atoms with Gasteiger partial charge in [-0.1, -0.05) is 12.1 Å². The van der Waals surface area contributed by atoms with Crippen molar-refractivity contribution in [1.82, 2.24) is 30.8 Å². The zero-order valence-electron chi connectivity index (χ0n) is 13.6. The van der Waals surface area contributed by atoms with Gasteiger partial charge < -0.3 is 10.6 Å². The summed E-state index contributed by atoms with van der Waals surface area (Å²) in [6.45, 7) is 3.48. The van der Waals surface area contributed by atoms with Gasteiger partial charge in [-0.25, -0.2) is 9.07 Å². The van der Waals surface area contributed by atoms with Crippen LogP contribution in [0.5, 0.6) is 0 Å². The largest absolute Gasteiger partial charge is 0.350 e. The maximum Gasteiger partial charge on any atom is 0.245 e. The third-order valence-electron chi connectivity index (χ3n) is 4.22. The highest BCUT2D eigenvalue weighted by Gasteiger charge is 2.26. The van der Waals surface area contributed by atoms with E-state index in [0.29, 0.717) is 12.2 Å². The van der Waals surface area contributed by atoms with E-state index in [1.165, 1.54) is 16.8 Å². The van der Waals surface area contributed by atoms with Gasteiger partial charge in [0.15, 0.2) is 0 Å². The highest BCUT2D eigenvalue weighted by molar-refractivity contribution is 5.81. The topological polar surface area (TPSA) is 84.7 Å². The van der Waals surface area contributed by atoms with E-state index in [-0.39, 0.29) is 17.8 Å². The molecule has 0 aliphatic carbocycles. The molecule has 3 rings (SSSR count). The Bertz CT molecular complexity index is 697. The van der Waals surface area contributed by atoms with E-state index < -0.39 is 6.04 Å². The van der Waals surface area contributed by atoms with E-state index in [4.69, 9.17) is 0 Å². The quantitative estimate of drug-likeness (QED) is 0.845. The van der Waals surface area contributed by atoms with Gasteiger partial charge in [0.1, 0.15) is 17.7 Å². The predicted octanol–water partition coefficient (Wildman–Crippen LogP) is 0.773. The summed E-state index contributed by atoms with van der Waals surface area (Å²) in [7, 11) is 0. The van der Waals surface area contributed by atoms with Crippen molar-refractivity contribution in [3.05, 3.63) is 41.5 Å². The van der Waals surface area contributed by atoms with Crippen molar-refractivity contribution in [2.75, 3.05) is 13.1 Å². The average molecular weight is 332 g/mol. The molecular formula is C16H21FN6O. The zero-order valence-corrected chi connectivity index (χ0v) is 13.6. The minimum Gasteiger partial charge on any atom is -0.350 e. The summed E-state index contributed by atoms with van der Waals surface area (Å²) >= 11 is 0. The molecule has 1 fully saturated rings. The molecule has 2 atom stereocenters. The lowest BCUT2D eigenvalue weighted by Crippen LogP contribution is -2.48. The number of aryl methyl sites for hydroxylation is 1. The Kier molecular flexibility index (Phi) is 5.14. The van der Waals surface area contributed by atoms with Crippen molar-refractivity contribution in [2.45, 2.75) is 38.3 Å². The second-order valence-corrected chi connectivity index (χ2v) is 6.07. The summed E-state index contributed by atoms with van der Waals surface area (Å²) in [6, 6.07) is 5.74. The number of carbonyl (C=O) groups is 1. The summed E-state index contributed by atoms with van der Waals surface area (Å²) in [6.07, 6.45) is 2.30. The fourth-order valence-electron chi connectivity index (χ4n) is 2.98. The minimum atomic E-state index is -0.608. The summed E-state index contributed by atoms with van der Waals surface area (Å²) in [5.41, 5.74) is 0.729. The third-order valence-corrected chi connectivity index (χ3v) is 4.22. The number of nitrogens with zero attached hydrogens (tertiary/aromatic N) is 4. The fraction of sp³-hybridized carbons (Fsp3) is 0.500. The third kappa shape index (κ3) is 3.94. The molecule has 1 aliphatic rings. The average Bonchev–Trinajstić information content (AvgIpc) is 2.99. The van der Waals surface area contributed by atoms with Crippen molar-refractivity contribution in [1.29, 1.82) is 0 Å². The van der Waals surface area contributed by atoms with Crippen LogP contribution in [0.2, 0.25) is 0 Å². The molecule has 1 aromatic carbocycles. The Morgan fingerprint density at radius 3 is 3.08 bits per heavy atom. The Labute approximate surface area is 139 Å². The van der Waals surface area contributed by atoms with Crippen LogP contribution in [0.15, 0.2) is 24.3 Å². The molecule has 2 aromatic rings. The predicted molar refractivity (Wildman–Crippen MR) is 85.7 cm³/mol. The molecular weight excluding hydrogens is 311 g/mol. The first-order chi connectivity index (χ1) is 11.6. The monoisotopic (exact) mass is 332 g/mol. The van der Waals surface area contributed by atoms with Crippen LogP contribution in [0.25, 0.3) is 0 Å². The summed E-state index contributed by atoms with van der Waals surface area (Å²) in [4.78, 5) is 12.8. The van der Waals surface area contributed by atoms with E-state index in [9.17, 15) is 9.18 Å². The van der Waals surface area contributed by atoms with E-state index >= 15 is 0 Å². The number of benzene rings is 1. The van der Waals surface area contributed by atoms with Crippen LogP contribution in [0, 0.1) is 12.7 Å². The summed E-state index contributed by atoms with van der Waals surface area (Å²) < 4.78 is 15.0. The number of aromatic nitrogens is 4. The van der Waals surface area contributed by atoms with Crippen molar-refractivity contribution in [3.8, 4) is 0 Å². The van der Waals surface area contributed by atoms with Crippen LogP contribution >= 0.6 is 0 Å². The normalized spacial score (nSPS) is 19.0. The smallest absolute Gasteiger partial charge is 0.245 e. The second-order valence-electron chi connectivity index (χ2n) is 6.07. The first-order valence-corrected chi connectivity index (χ1v) is 8.13. The molecule has 2 heterocycles. The first-order valence-electron chi connectivity index (χ1n) is 8.13. The van der Waals surface area contributed by atoms with Crippen LogP contribution in [0.3, 0.4) is 0 Å². The summed E-state index contributed by atoms with van der Waals surface area (Å²) in [5.74, 6) is 0.0771. The van der Waals surface area contributed by atoms with Gasteiger partial charge in [0.05, 0.1) is 0 Å². The molecule has 128 valence electrons. The molecule has 1 amide bonds. The molecule has 0 bridgehead atoms. The van der Waals surface area contributed by atoms with Crippen LogP contribution in [-0.4, -0.2) is 45.2 Å². The molecule has 1 aromatic heterocycles. The number of hydrogen-bond acceptors (Lipinski definition) is 5. The number of hydrogen-bond donors (Lipinski definition) is 2. The number of tetrazole rings is 1. The Balaban J connectivity index is 1.79. The van der Waals surface area contributed by atoms with Gasteiger partial charge in [0, 0.05) is 19.0 Å². The lowest BCUT2D eigenvalue weighted by atomic mass is 10.0. The molecule has 8 heteroatoms. The van der Waals surface area contributed by atoms with Crippen LogP contribution in [0.1, 0.15) is 30.3 Å². The van der Waals surface area contributed by atoms with Crippen LogP contribution < -0.4 is 10.6 Å². The standard InChI is InChI=1S/C16H21FN6O/c1-11-20-21-22-23(11)15(9-12-4-2-5-13(17)8-12)16(24)19-14-6-3-7-18-10-14/h2,4-5,8,14-15,18H,3,6-7,9-10H2,1H3,(H,19,24). The minimum absolute atomic E-state index is 0.0954. The number of halogens is 1. The Hall–Kier alpha value is -2.35. The number of carbonyl (C=O) groups excluding carboxylic acids is 1. The molecule has 0 spiro atoms. The summed E-state index contributed by atoms with van der Waals surface area (Å²) in [5, 5.41) is 17.8. The lowest BCUT2D eigenvalue weighted by molar-refractivity contribution is -0.125. The number of nitrogens with one attached hydrogen (secondary N) is 2. The Morgan fingerprint density at radius 1 is 1.54 bits per heavy atom. The maximum atomic E-state index is 13.5. The van der Waals surface area contributed by atoms with Gasteiger partial charge in [-0.15, -0.1) is 5.10 Å². The van der Waals surface area contributed by atoms with E-state index in [1.807, 2.05) is 0 Å². The SMILES string of the molecule is Cc1nnnn1C(Cc1cccc(F)c1)C(=O)NC1CCCNC1. The molecule has 24 heavy (non-hydrogen) atoms. The molecule has 1 saturated heterocycles. The maximum absolute atomic E-state index is 13.5. The van der Waals surface area contributed by atoms with Crippen molar-refractivity contribution in [3.63, 3.8) is 0 Å². The Morgan fingerprint density at radius 2 is 2.42 bits per heavy atom. The number of amides is 1. The molecule has 0 radical (unpaired) electrons. The highest BCUT2D eigenvalue weighted by atomic mass is 19.1. The van der Waals surface area contributed by atoms with Crippen molar-refractivity contribution >= 4 is 5.91 Å². The first kappa shape index (κ1) is 16.5. The molecule has 1 aliphatic heterocycles. The van der Waals surface area contributed by atoms with Gasteiger partial charge in [-0.05, 0) is 54.4 Å². The molecule has 0 saturated carbocycles. The van der Waals surface area contributed by atoms with E-state index in [2.05, 4.69) is 26.2 Å². The van der Waals surface area contributed by atoms with E-state index in [1.54, 1.807) is 19.1 Å². The van der Waals surface area contributed by atoms with Crippen LogP contribution in [-0.2, 0) is 11.2 Å². The highest BCUT2D eigenvalue weighted by Crippen LogP contribution is 2.17. The van der Waals surface area contributed by atoms with Gasteiger partial charge >= 0.3 is 0 Å².